The molecule has 2 atom stereocenters. The molecule has 0 spiro atoms. The molecule has 1 aromatic heterocycles. The number of aromatic nitrogens is 2. The van der Waals surface area contributed by atoms with E-state index in [0.29, 0.717) is 37.2 Å². The summed E-state index contributed by atoms with van der Waals surface area (Å²) in [4.78, 5) is 14.0. The molecule has 4 rings (SSSR count). The maximum absolute atomic E-state index is 12.1. The molecule has 2 aliphatic heterocycles. The first-order chi connectivity index (χ1) is 13.3. The quantitative estimate of drug-likeness (QED) is 0.846. The van der Waals surface area contributed by atoms with Gasteiger partial charge in [-0.25, -0.2) is 0 Å². The Bertz CT molecular complexity index is 755. The van der Waals surface area contributed by atoms with Crippen LogP contribution < -0.4 is 5.32 Å². The van der Waals surface area contributed by atoms with Crippen LogP contribution in [0.25, 0.3) is 0 Å². The van der Waals surface area contributed by atoms with Crippen LogP contribution in [0.4, 0.5) is 0 Å². The fourth-order valence-corrected chi connectivity index (χ4v) is 4.07. The Morgan fingerprint density at radius 3 is 2.78 bits per heavy atom. The van der Waals surface area contributed by atoms with E-state index < -0.39 is 0 Å². The van der Waals surface area contributed by atoms with Gasteiger partial charge in [0.2, 0.25) is 17.7 Å². The number of unbranched alkanes of at least 4 members (excludes halogenated alkanes) is 1. The maximum Gasteiger partial charge on any atom is 0.234 e. The van der Waals surface area contributed by atoms with E-state index in [4.69, 9.17) is 4.42 Å². The summed E-state index contributed by atoms with van der Waals surface area (Å²) in [6, 6.07) is 10.6. The highest BCUT2D eigenvalue weighted by atomic mass is 16.4. The summed E-state index contributed by atoms with van der Waals surface area (Å²) >= 11 is 0. The van der Waals surface area contributed by atoms with Gasteiger partial charge in [0, 0.05) is 25.4 Å². The van der Waals surface area contributed by atoms with E-state index in [0.717, 1.165) is 32.2 Å². The standard InChI is InChI=1S/C21H28N4O2/c1-2-3-11-18(26)25-13-16(14-25)20-23-24-21(27-20)19-17(10-7-12-22-19)15-8-5-4-6-9-15/h4-6,8-9,16-17,19,22H,2-3,7,10-14H2,1H3. The van der Waals surface area contributed by atoms with Crippen LogP contribution in [-0.4, -0.2) is 40.6 Å². The van der Waals surface area contributed by atoms with Crippen LogP contribution in [0, 0.1) is 0 Å². The average Bonchev–Trinajstić information content (AvgIpc) is 3.15. The molecule has 2 aliphatic rings. The second kappa shape index (κ2) is 8.21. The number of amides is 1. The summed E-state index contributed by atoms with van der Waals surface area (Å²) in [7, 11) is 0. The van der Waals surface area contributed by atoms with Crippen LogP contribution in [0.3, 0.4) is 0 Å². The second-order valence-electron chi connectivity index (χ2n) is 7.67. The van der Waals surface area contributed by atoms with Crippen molar-refractivity contribution in [2.45, 2.75) is 56.9 Å². The lowest BCUT2D eigenvalue weighted by Crippen LogP contribution is -2.48. The molecule has 0 saturated carbocycles. The van der Waals surface area contributed by atoms with Gasteiger partial charge >= 0.3 is 0 Å². The van der Waals surface area contributed by atoms with Gasteiger partial charge in [0.1, 0.15) is 0 Å². The molecule has 1 amide bonds. The number of nitrogens with one attached hydrogen (secondary N) is 1. The van der Waals surface area contributed by atoms with Gasteiger partial charge in [-0.15, -0.1) is 10.2 Å². The predicted molar refractivity (Wildman–Crippen MR) is 102 cm³/mol. The number of carbonyl (C=O) groups excluding carboxylic acids is 1. The molecule has 2 fully saturated rings. The average molecular weight is 368 g/mol. The summed E-state index contributed by atoms with van der Waals surface area (Å²) in [5, 5.41) is 12.2. The molecule has 0 aliphatic carbocycles. The molecule has 1 aromatic carbocycles. The lowest BCUT2D eigenvalue weighted by atomic mass is 9.85. The van der Waals surface area contributed by atoms with E-state index >= 15 is 0 Å². The van der Waals surface area contributed by atoms with Crippen LogP contribution >= 0.6 is 0 Å². The van der Waals surface area contributed by atoms with Crippen molar-refractivity contribution in [3.8, 4) is 0 Å². The number of hydrogen-bond acceptors (Lipinski definition) is 5. The summed E-state index contributed by atoms with van der Waals surface area (Å²) in [5.74, 6) is 2.11. The molecule has 6 heteroatoms. The van der Waals surface area contributed by atoms with E-state index in [9.17, 15) is 4.79 Å². The third-order valence-electron chi connectivity index (χ3n) is 5.74. The molecular weight excluding hydrogens is 340 g/mol. The van der Waals surface area contributed by atoms with Crippen LogP contribution in [0.5, 0.6) is 0 Å². The smallest absolute Gasteiger partial charge is 0.234 e. The zero-order valence-corrected chi connectivity index (χ0v) is 15.9. The van der Waals surface area contributed by atoms with E-state index in [-0.39, 0.29) is 17.9 Å². The number of rotatable bonds is 6. The number of nitrogens with zero attached hydrogens (tertiary/aromatic N) is 3. The van der Waals surface area contributed by atoms with Gasteiger partial charge in [-0.2, -0.15) is 0 Å². The van der Waals surface area contributed by atoms with Gasteiger partial charge in [-0.3, -0.25) is 4.79 Å². The number of carbonyl (C=O) groups is 1. The summed E-state index contributed by atoms with van der Waals surface area (Å²) in [6.07, 6.45) is 4.91. The van der Waals surface area contributed by atoms with Gasteiger partial charge < -0.3 is 14.6 Å². The lowest BCUT2D eigenvalue weighted by Gasteiger charge is -2.37. The highest BCUT2D eigenvalue weighted by Crippen LogP contribution is 2.37. The molecule has 0 bridgehead atoms. The van der Waals surface area contributed by atoms with Crippen molar-refractivity contribution in [2.75, 3.05) is 19.6 Å². The van der Waals surface area contributed by atoms with Crippen LogP contribution in [0.15, 0.2) is 34.7 Å². The topological polar surface area (TPSA) is 71.3 Å². The number of likely N-dealkylation sites (tertiary alicyclic amines) is 1. The van der Waals surface area contributed by atoms with Gasteiger partial charge in [-0.1, -0.05) is 43.7 Å². The van der Waals surface area contributed by atoms with Gasteiger partial charge in [-0.05, 0) is 31.4 Å². The Morgan fingerprint density at radius 2 is 2.00 bits per heavy atom. The molecule has 0 radical (unpaired) electrons. The Kier molecular flexibility index (Phi) is 5.53. The van der Waals surface area contributed by atoms with E-state index in [2.05, 4.69) is 46.7 Å². The zero-order chi connectivity index (χ0) is 18.6. The molecule has 2 unspecified atom stereocenters. The molecule has 27 heavy (non-hydrogen) atoms. The van der Waals surface area contributed by atoms with Crippen molar-refractivity contribution in [3.05, 3.63) is 47.7 Å². The minimum atomic E-state index is 0.0600. The Labute approximate surface area is 160 Å². The van der Waals surface area contributed by atoms with Crippen molar-refractivity contribution >= 4 is 5.91 Å². The number of hydrogen-bond donors (Lipinski definition) is 1. The third kappa shape index (κ3) is 3.90. The Morgan fingerprint density at radius 1 is 1.22 bits per heavy atom. The molecule has 2 aromatic rings. The molecule has 3 heterocycles. The number of benzene rings is 1. The normalized spacial score (nSPS) is 23.2. The van der Waals surface area contributed by atoms with Crippen molar-refractivity contribution in [1.82, 2.24) is 20.4 Å². The summed E-state index contributed by atoms with van der Waals surface area (Å²) < 4.78 is 6.07. The van der Waals surface area contributed by atoms with E-state index in [1.54, 1.807) is 0 Å². The van der Waals surface area contributed by atoms with Crippen LogP contribution in [0.1, 0.15) is 74.3 Å². The van der Waals surface area contributed by atoms with Gasteiger partial charge in [0.15, 0.2) is 0 Å². The minimum absolute atomic E-state index is 0.0600. The fraction of sp³-hybridized carbons (Fsp3) is 0.571. The van der Waals surface area contributed by atoms with E-state index in [1.165, 1.54) is 5.56 Å². The van der Waals surface area contributed by atoms with E-state index in [1.807, 2.05) is 11.0 Å². The monoisotopic (exact) mass is 368 g/mol. The zero-order valence-electron chi connectivity index (χ0n) is 15.9. The molecule has 6 nitrogen and oxygen atoms in total. The summed E-state index contributed by atoms with van der Waals surface area (Å²) in [5.41, 5.74) is 1.31. The lowest BCUT2D eigenvalue weighted by molar-refractivity contribution is -0.136. The minimum Gasteiger partial charge on any atom is -0.423 e. The first-order valence-corrected chi connectivity index (χ1v) is 10.2. The first kappa shape index (κ1) is 18.2. The van der Waals surface area contributed by atoms with Crippen molar-refractivity contribution in [3.63, 3.8) is 0 Å². The Hall–Kier alpha value is -2.21. The third-order valence-corrected chi connectivity index (χ3v) is 5.74. The van der Waals surface area contributed by atoms with Crippen molar-refractivity contribution < 1.29 is 9.21 Å². The molecule has 1 N–H and O–H groups in total. The van der Waals surface area contributed by atoms with Gasteiger partial charge in [0.05, 0.1) is 12.0 Å². The highest BCUT2D eigenvalue weighted by Gasteiger charge is 2.37. The van der Waals surface area contributed by atoms with Crippen molar-refractivity contribution in [2.24, 2.45) is 0 Å². The predicted octanol–water partition coefficient (Wildman–Crippen LogP) is 3.39. The number of piperidine rings is 1. The summed E-state index contributed by atoms with van der Waals surface area (Å²) in [6.45, 7) is 4.47. The fourth-order valence-electron chi connectivity index (χ4n) is 4.07. The second-order valence-corrected chi connectivity index (χ2v) is 7.67. The highest BCUT2D eigenvalue weighted by molar-refractivity contribution is 5.77. The Balaban J connectivity index is 1.41. The van der Waals surface area contributed by atoms with Crippen molar-refractivity contribution in [1.29, 1.82) is 0 Å². The first-order valence-electron chi connectivity index (χ1n) is 10.2. The van der Waals surface area contributed by atoms with Gasteiger partial charge in [0.25, 0.3) is 0 Å². The van der Waals surface area contributed by atoms with Crippen LogP contribution in [-0.2, 0) is 4.79 Å². The molecule has 144 valence electrons. The maximum atomic E-state index is 12.1. The molecule has 2 saturated heterocycles. The van der Waals surface area contributed by atoms with Crippen LogP contribution in [0.2, 0.25) is 0 Å². The SMILES string of the molecule is CCCCC(=O)N1CC(c2nnc(C3NCCCC3c3ccccc3)o2)C1. The molecular formula is C21H28N4O2. The largest absolute Gasteiger partial charge is 0.423 e.